The standard InChI is InChI=1S/C25H31F3N8O5S.CH4O3S/c1-16-15-41-9-8-35(16)23-20-10-17(13-33-4-6-34(7-5-33)42(3,39)40)14-36(20)31-22(30-23)18-12-29-21(32(2)24(37)38)11-19(18)25(26,27)28;1-5(2,3)4/h10-12,14,16H,4-9,13,15H2,1-3H3,(H,37,38);1H3,(H,2,3,4)/t16-;/m0./s1. The second-order valence-corrected chi connectivity index (χ2v) is 14.6. The zero-order valence-corrected chi connectivity index (χ0v) is 27.5. The van der Waals surface area contributed by atoms with Gasteiger partial charge in [-0.1, -0.05) is 0 Å². The maximum absolute atomic E-state index is 14.2. The van der Waals surface area contributed by atoms with E-state index in [1.54, 1.807) is 6.20 Å². The van der Waals surface area contributed by atoms with Gasteiger partial charge in [0.1, 0.15) is 11.3 Å². The van der Waals surface area contributed by atoms with Crippen molar-refractivity contribution >= 4 is 43.4 Å². The highest BCUT2D eigenvalue weighted by molar-refractivity contribution is 7.88. The van der Waals surface area contributed by atoms with Crippen molar-refractivity contribution in [3.8, 4) is 11.4 Å². The lowest BCUT2D eigenvalue weighted by Crippen LogP contribution is -2.47. The van der Waals surface area contributed by atoms with Crippen LogP contribution >= 0.6 is 0 Å². The number of rotatable bonds is 6. The molecule has 0 bridgehead atoms. The molecule has 1 amide bonds. The summed E-state index contributed by atoms with van der Waals surface area (Å²) in [6.45, 7) is 5.51. The molecule has 5 rings (SSSR count). The number of ether oxygens (including phenoxy) is 1. The van der Waals surface area contributed by atoms with Crippen LogP contribution in [0, 0.1) is 0 Å². The first-order valence-electron chi connectivity index (χ1n) is 14.1. The number of hydrogen-bond donors (Lipinski definition) is 2. The Hall–Kier alpha value is -3.63. The van der Waals surface area contributed by atoms with Gasteiger partial charge >= 0.3 is 12.3 Å². The fourth-order valence-electron chi connectivity index (χ4n) is 5.11. The number of fused-ring (bicyclic) bond motifs is 1. The number of sulfonamides is 1. The molecule has 0 radical (unpaired) electrons. The van der Waals surface area contributed by atoms with Crippen LogP contribution in [-0.4, -0.2) is 133 Å². The largest absolute Gasteiger partial charge is 0.465 e. The molecule has 3 aromatic heterocycles. The summed E-state index contributed by atoms with van der Waals surface area (Å²) in [6.07, 6.45) is -1.73. The van der Waals surface area contributed by atoms with Gasteiger partial charge in [-0.3, -0.25) is 14.4 Å². The molecule has 260 valence electrons. The molecule has 16 nitrogen and oxygen atoms in total. The van der Waals surface area contributed by atoms with Gasteiger partial charge in [-0.05, 0) is 24.6 Å². The Morgan fingerprint density at radius 2 is 1.74 bits per heavy atom. The van der Waals surface area contributed by atoms with Crippen LogP contribution in [0.2, 0.25) is 0 Å². The third kappa shape index (κ3) is 9.26. The predicted octanol–water partition coefficient (Wildman–Crippen LogP) is 1.73. The van der Waals surface area contributed by atoms with Crippen LogP contribution in [-0.2, 0) is 37.6 Å². The number of pyridine rings is 1. The van der Waals surface area contributed by atoms with E-state index in [0.29, 0.717) is 81.0 Å². The number of aromatic nitrogens is 4. The number of alkyl halides is 3. The topological polar surface area (TPSA) is 191 Å². The molecule has 0 aromatic carbocycles. The van der Waals surface area contributed by atoms with Crippen LogP contribution in [0.15, 0.2) is 24.5 Å². The van der Waals surface area contributed by atoms with Gasteiger partial charge in [0.15, 0.2) is 11.6 Å². The normalized spacial score (nSPS) is 18.6. The first-order valence-corrected chi connectivity index (χ1v) is 17.8. The smallest absolute Gasteiger partial charge is 0.417 e. The van der Waals surface area contributed by atoms with E-state index < -0.39 is 38.0 Å². The van der Waals surface area contributed by atoms with E-state index in [9.17, 15) is 39.9 Å². The van der Waals surface area contributed by atoms with E-state index in [-0.39, 0.29) is 23.2 Å². The van der Waals surface area contributed by atoms with Gasteiger partial charge in [-0.25, -0.2) is 27.7 Å². The molecule has 5 heterocycles. The summed E-state index contributed by atoms with van der Waals surface area (Å²) in [6, 6.07) is 2.45. The minimum absolute atomic E-state index is 0.112. The summed E-state index contributed by atoms with van der Waals surface area (Å²) in [7, 11) is -5.83. The van der Waals surface area contributed by atoms with Crippen LogP contribution < -0.4 is 9.80 Å². The predicted molar refractivity (Wildman–Crippen MR) is 164 cm³/mol. The van der Waals surface area contributed by atoms with Crippen molar-refractivity contribution < 1.29 is 49.2 Å². The molecule has 0 aliphatic carbocycles. The van der Waals surface area contributed by atoms with Crippen molar-refractivity contribution in [1.29, 1.82) is 0 Å². The summed E-state index contributed by atoms with van der Waals surface area (Å²) in [5.41, 5.74) is -0.0664. The average molecular weight is 709 g/mol. The zero-order valence-electron chi connectivity index (χ0n) is 25.9. The number of carboxylic acid groups (broad SMARTS) is 1. The lowest BCUT2D eigenvalue weighted by molar-refractivity contribution is -0.137. The summed E-state index contributed by atoms with van der Waals surface area (Å²) < 4.78 is 101. The van der Waals surface area contributed by atoms with Crippen LogP contribution in [0.4, 0.5) is 29.6 Å². The number of piperazine rings is 1. The quantitative estimate of drug-likeness (QED) is 0.353. The van der Waals surface area contributed by atoms with E-state index in [1.165, 1.54) is 15.1 Å². The molecule has 2 fully saturated rings. The van der Waals surface area contributed by atoms with Crippen LogP contribution in [0.3, 0.4) is 0 Å². The molecule has 1 atom stereocenters. The Morgan fingerprint density at radius 1 is 1.11 bits per heavy atom. The molecule has 2 aliphatic rings. The molecule has 0 saturated carbocycles. The van der Waals surface area contributed by atoms with E-state index in [1.807, 2.05) is 17.9 Å². The minimum atomic E-state index is -4.84. The Balaban J connectivity index is 0.000000930. The van der Waals surface area contributed by atoms with E-state index in [2.05, 4.69) is 20.0 Å². The van der Waals surface area contributed by atoms with Crippen LogP contribution in [0.1, 0.15) is 18.1 Å². The number of halogens is 3. The van der Waals surface area contributed by atoms with Gasteiger partial charge < -0.3 is 14.7 Å². The second kappa shape index (κ2) is 13.8. The van der Waals surface area contributed by atoms with E-state index in [0.717, 1.165) is 18.8 Å². The highest BCUT2D eigenvalue weighted by atomic mass is 32.2. The molecule has 47 heavy (non-hydrogen) atoms. The van der Waals surface area contributed by atoms with Crippen molar-refractivity contribution in [1.82, 2.24) is 28.8 Å². The number of amides is 1. The first kappa shape index (κ1) is 36.2. The van der Waals surface area contributed by atoms with Crippen molar-refractivity contribution in [3.05, 3.63) is 35.7 Å². The number of nitrogens with zero attached hydrogens (tertiary/aromatic N) is 8. The van der Waals surface area contributed by atoms with E-state index >= 15 is 0 Å². The lowest BCUT2D eigenvalue weighted by Gasteiger charge is -2.34. The average Bonchev–Trinajstić information content (AvgIpc) is 3.37. The van der Waals surface area contributed by atoms with E-state index in [4.69, 9.17) is 9.29 Å². The summed E-state index contributed by atoms with van der Waals surface area (Å²) >= 11 is 0. The minimum Gasteiger partial charge on any atom is -0.465 e. The SMILES string of the molecule is CS(=O)(=O)O.C[C@H]1COCCN1c1nc(-c2cnc(N(C)C(=O)O)cc2C(F)(F)F)nn2cc(CN3CCN(S(C)(=O)=O)CC3)cc12. The summed E-state index contributed by atoms with van der Waals surface area (Å²) in [5, 5.41) is 13.7. The van der Waals surface area contributed by atoms with Gasteiger partial charge in [0.25, 0.3) is 10.1 Å². The van der Waals surface area contributed by atoms with Crippen molar-refractivity contribution in [3.63, 3.8) is 0 Å². The summed E-state index contributed by atoms with van der Waals surface area (Å²) in [5.74, 6) is -0.172. The first-order chi connectivity index (χ1) is 21.7. The molecule has 0 spiro atoms. The van der Waals surface area contributed by atoms with Gasteiger partial charge in [-0.15, -0.1) is 5.10 Å². The fraction of sp³-hybridized carbons (Fsp3) is 0.538. The fourth-order valence-corrected chi connectivity index (χ4v) is 5.93. The second-order valence-electron chi connectivity index (χ2n) is 11.2. The molecule has 2 N–H and O–H groups in total. The number of anilines is 2. The Morgan fingerprint density at radius 3 is 2.30 bits per heavy atom. The van der Waals surface area contributed by atoms with Crippen molar-refractivity contribution in [2.24, 2.45) is 0 Å². The third-order valence-electron chi connectivity index (χ3n) is 7.41. The highest BCUT2D eigenvalue weighted by Crippen LogP contribution is 2.38. The molecular weight excluding hydrogens is 673 g/mol. The summed E-state index contributed by atoms with van der Waals surface area (Å²) in [4.78, 5) is 24.6. The molecule has 21 heteroatoms. The van der Waals surface area contributed by atoms with Crippen LogP contribution in [0.5, 0.6) is 0 Å². The van der Waals surface area contributed by atoms with Gasteiger partial charge in [0.05, 0.1) is 42.9 Å². The van der Waals surface area contributed by atoms with Gasteiger partial charge in [0.2, 0.25) is 10.0 Å². The molecule has 2 saturated heterocycles. The zero-order chi connectivity index (χ0) is 34.9. The third-order valence-corrected chi connectivity index (χ3v) is 8.72. The van der Waals surface area contributed by atoms with Gasteiger partial charge in [-0.2, -0.15) is 25.9 Å². The lowest BCUT2D eigenvalue weighted by atomic mass is 10.1. The Bertz CT molecular complexity index is 1820. The maximum atomic E-state index is 14.2. The molecular formula is C26H35F3N8O8S2. The number of hydrogen-bond acceptors (Lipinski definition) is 11. The van der Waals surface area contributed by atoms with Crippen molar-refractivity contribution in [2.45, 2.75) is 25.7 Å². The monoisotopic (exact) mass is 708 g/mol. The number of morpholine rings is 1. The molecule has 3 aromatic rings. The highest BCUT2D eigenvalue weighted by Gasteiger charge is 2.37. The Labute approximate surface area is 269 Å². The van der Waals surface area contributed by atoms with Gasteiger partial charge in [0, 0.05) is 58.7 Å². The Kier molecular flexibility index (Phi) is 10.7. The molecule has 2 aliphatic heterocycles. The van der Waals surface area contributed by atoms with Crippen LogP contribution in [0.25, 0.3) is 16.9 Å². The number of carbonyl (C=O) groups is 1. The van der Waals surface area contributed by atoms with Crippen molar-refractivity contribution in [2.75, 3.05) is 75.3 Å². The maximum Gasteiger partial charge on any atom is 0.417 e. The molecule has 0 unspecified atom stereocenters.